The van der Waals surface area contributed by atoms with E-state index in [-0.39, 0.29) is 17.1 Å². The lowest BCUT2D eigenvalue weighted by Crippen LogP contribution is -1.99. The predicted molar refractivity (Wildman–Crippen MR) is 60.3 cm³/mol. The highest BCUT2D eigenvalue weighted by Gasteiger charge is 2.20. The summed E-state index contributed by atoms with van der Waals surface area (Å²) in [5.74, 6) is -1.23. The number of benzene rings is 1. The fourth-order valence-corrected chi connectivity index (χ4v) is 1.56. The molecule has 1 heterocycles. The molecule has 2 aromatic rings. The minimum atomic E-state index is -1.25. The molecule has 0 saturated carbocycles. The van der Waals surface area contributed by atoms with Gasteiger partial charge in [-0.15, -0.1) is 0 Å². The quantitative estimate of drug-likeness (QED) is 0.659. The SMILES string of the molecule is Cc1ccc([N+](=O)[O-])cc1-c1ocnc1C(=O)O. The number of aryl methyl sites for hydroxylation is 1. The fraction of sp³-hybridized carbons (Fsp3) is 0.0909. The van der Waals surface area contributed by atoms with Crippen molar-refractivity contribution in [1.82, 2.24) is 4.98 Å². The number of hydrogen-bond acceptors (Lipinski definition) is 5. The van der Waals surface area contributed by atoms with Crippen molar-refractivity contribution < 1.29 is 19.2 Å². The van der Waals surface area contributed by atoms with Gasteiger partial charge < -0.3 is 9.52 Å². The summed E-state index contributed by atoms with van der Waals surface area (Å²) in [6.07, 6.45) is 0.997. The Morgan fingerprint density at radius 3 is 2.83 bits per heavy atom. The van der Waals surface area contributed by atoms with E-state index < -0.39 is 10.9 Å². The molecule has 0 saturated heterocycles. The number of carbonyl (C=O) groups is 1. The van der Waals surface area contributed by atoms with Crippen LogP contribution in [0.4, 0.5) is 5.69 Å². The van der Waals surface area contributed by atoms with Gasteiger partial charge in [0.25, 0.3) is 5.69 Å². The van der Waals surface area contributed by atoms with Gasteiger partial charge in [0.05, 0.1) is 4.92 Å². The van der Waals surface area contributed by atoms with Crippen molar-refractivity contribution in [2.45, 2.75) is 6.92 Å². The van der Waals surface area contributed by atoms with Crippen molar-refractivity contribution in [3.8, 4) is 11.3 Å². The zero-order chi connectivity index (χ0) is 13.3. The number of aromatic carboxylic acids is 1. The van der Waals surface area contributed by atoms with E-state index in [1.54, 1.807) is 6.92 Å². The highest BCUT2D eigenvalue weighted by Crippen LogP contribution is 2.29. The van der Waals surface area contributed by atoms with E-state index in [0.717, 1.165) is 6.39 Å². The Kier molecular flexibility index (Phi) is 2.80. The van der Waals surface area contributed by atoms with E-state index in [9.17, 15) is 14.9 Å². The molecular weight excluding hydrogens is 240 g/mol. The summed E-state index contributed by atoms with van der Waals surface area (Å²) in [6.45, 7) is 1.70. The van der Waals surface area contributed by atoms with Crippen LogP contribution < -0.4 is 0 Å². The maximum absolute atomic E-state index is 10.9. The molecule has 92 valence electrons. The first-order chi connectivity index (χ1) is 8.50. The minimum Gasteiger partial charge on any atom is -0.476 e. The van der Waals surface area contributed by atoms with Gasteiger partial charge in [-0.05, 0) is 12.5 Å². The number of nitro groups is 1. The van der Waals surface area contributed by atoms with Crippen molar-refractivity contribution in [1.29, 1.82) is 0 Å². The van der Waals surface area contributed by atoms with Gasteiger partial charge in [0.1, 0.15) is 0 Å². The van der Waals surface area contributed by atoms with Crippen LogP contribution in [0.25, 0.3) is 11.3 Å². The van der Waals surface area contributed by atoms with Crippen LogP contribution in [0.2, 0.25) is 0 Å². The monoisotopic (exact) mass is 248 g/mol. The van der Waals surface area contributed by atoms with E-state index in [1.165, 1.54) is 18.2 Å². The number of non-ortho nitro benzene ring substituents is 1. The third kappa shape index (κ3) is 1.93. The first-order valence-electron chi connectivity index (χ1n) is 4.93. The normalized spacial score (nSPS) is 10.3. The van der Waals surface area contributed by atoms with Gasteiger partial charge in [0.2, 0.25) is 0 Å². The van der Waals surface area contributed by atoms with Crippen molar-refractivity contribution in [3.63, 3.8) is 0 Å². The smallest absolute Gasteiger partial charge is 0.358 e. The molecule has 1 N–H and O–H groups in total. The molecule has 0 amide bonds. The summed E-state index contributed by atoms with van der Waals surface area (Å²) in [6, 6.07) is 4.14. The average molecular weight is 248 g/mol. The second kappa shape index (κ2) is 4.28. The second-order valence-corrected chi connectivity index (χ2v) is 3.59. The highest BCUT2D eigenvalue weighted by molar-refractivity contribution is 5.92. The van der Waals surface area contributed by atoms with Crippen LogP contribution in [0.3, 0.4) is 0 Å². The van der Waals surface area contributed by atoms with Gasteiger partial charge in [-0.25, -0.2) is 9.78 Å². The molecule has 0 bridgehead atoms. The summed E-state index contributed by atoms with van der Waals surface area (Å²) in [5.41, 5.74) is 0.612. The van der Waals surface area contributed by atoms with Crippen molar-refractivity contribution in [2.24, 2.45) is 0 Å². The average Bonchev–Trinajstić information content (AvgIpc) is 2.78. The summed E-state index contributed by atoms with van der Waals surface area (Å²) >= 11 is 0. The van der Waals surface area contributed by atoms with E-state index >= 15 is 0 Å². The van der Waals surface area contributed by atoms with Crippen LogP contribution in [0, 0.1) is 17.0 Å². The van der Waals surface area contributed by atoms with E-state index in [4.69, 9.17) is 9.52 Å². The number of nitro benzene ring substituents is 1. The van der Waals surface area contributed by atoms with Gasteiger partial charge >= 0.3 is 5.97 Å². The molecule has 1 aromatic heterocycles. The highest BCUT2D eigenvalue weighted by atomic mass is 16.6. The third-order valence-electron chi connectivity index (χ3n) is 2.45. The van der Waals surface area contributed by atoms with E-state index in [0.29, 0.717) is 11.1 Å². The van der Waals surface area contributed by atoms with Crippen LogP contribution in [-0.2, 0) is 0 Å². The zero-order valence-corrected chi connectivity index (χ0v) is 9.28. The molecule has 0 radical (unpaired) electrons. The van der Waals surface area contributed by atoms with E-state index in [2.05, 4.69) is 4.98 Å². The molecule has 0 aliphatic heterocycles. The predicted octanol–water partition coefficient (Wildman–Crippen LogP) is 2.26. The topological polar surface area (TPSA) is 106 Å². The number of aromatic nitrogens is 1. The van der Waals surface area contributed by atoms with Gasteiger partial charge in [-0.1, -0.05) is 6.07 Å². The van der Waals surface area contributed by atoms with Crippen LogP contribution in [0.1, 0.15) is 16.1 Å². The minimum absolute atomic E-state index is 0.0173. The number of rotatable bonds is 3. The maximum atomic E-state index is 10.9. The molecule has 2 rings (SSSR count). The fourth-order valence-electron chi connectivity index (χ4n) is 1.56. The molecule has 0 aliphatic carbocycles. The van der Waals surface area contributed by atoms with Crippen LogP contribution in [0.15, 0.2) is 29.0 Å². The van der Waals surface area contributed by atoms with Gasteiger partial charge in [0, 0.05) is 17.7 Å². The Bertz CT molecular complexity index is 632. The number of oxazole rings is 1. The molecule has 7 nitrogen and oxygen atoms in total. The van der Waals surface area contributed by atoms with Crippen molar-refractivity contribution in [3.05, 3.63) is 46.0 Å². The first kappa shape index (κ1) is 11.8. The Balaban J connectivity index is 2.63. The molecule has 0 atom stereocenters. The summed E-state index contributed by atoms with van der Waals surface area (Å²) in [4.78, 5) is 24.6. The summed E-state index contributed by atoms with van der Waals surface area (Å²) in [7, 11) is 0. The molecule has 0 fully saturated rings. The van der Waals surface area contributed by atoms with Crippen LogP contribution in [0.5, 0.6) is 0 Å². The lowest BCUT2D eigenvalue weighted by atomic mass is 10.0. The lowest BCUT2D eigenvalue weighted by molar-refractivity contribution is -0.384. The third-order valence-corrected chi connectivity index (χ3v) is 2.45. The Labute approximate surface area is 101 Å². The Morgan fingerprint density at radius 1 is 1.50 bits per heavy atom. The summed E-state index contributed by atoms with van der Waals surface area (Å²) < 4.78 is 5.01. The molecule has 0 spiro atoms. The van der Waals surface area contributed by atoms with Crippen LogP contribution in [-0.4, -0.2) is 21.0 Å². The lowest BCUT2D eigenvalue weighted by Gasteiger charge is -2.02. The van der Waals surface area contributed by atoms with Gasteiger partial charge in [-0.3, -0.25) is 10.1 Å². The van der Waals surface area contributed by atoms with Gasteiger partial charge in [0.15, 0.2) is 17.8 Å². The van der Waals surface area contributed by atoms with E-state index in [1.807, 2.05) is 0 Å². The molecule has 0 aliphatic rings. The maximum Gasteiger partial charge on any atom is 0.358 e. The molecule has 7 heteroatoms. The number of nitrogens with zero attached hydrogens (tertiary/aromatic N) is 2. The van der Waals surface area contributed by atoms with Gasteiger partial charge in [-0.2, -0.15) is 0 Å². The number of carboxylic acids is 1. The second-order valence-electron chi connectivity index (χ2n) is 3.59. The zero-order valence-electron chi connectivity index (χ0n) is 9.28. The number of carboxylic acid groups (broad SMARTS) is 1. The summed E-state index contributed by atoms with van der Waals surface area (Å²) in [5, 5.41) is 19.6. The first-order valence-corrected chi connectivity index (χ1v) is 4.93. The Morgan fingerprint density at radius 2 is 2.22 bits per heavy atom. The largest absolute Gasteiger partial charge is 0.476 e. The van der Waals surface area contributed by atoms with Crippen molar-refractivity contribution >= 4 is 11.7 Å². The molecule has 0 unspecified atom stereocenters. The standard InChI is InChI=1S/C11H8N2O5/c1-6-2-3-7(13(16)17)4-8(6)10-9(11(14)15)12-5-18-10/h2-5H,1H3,(H,14,15). The molecule has 18 heavy (non-hydrogen) atoms. The Hall–Kier alpha value is -2.70. The molecule has 1 aromatic carbocycles. The molecular formula is C11H8N2O5. The number of hydrogen-bond donors (Lipinski definition) is 1. The van der Waals surface area contributed by atoms with Crippen LogP contribution >= 0.6 is 0 Å². The van der Waals surface area contributed by atoms with Crippen molar-refractivity contribution in [2.75, 3.05) is 0 Å².